The van der Waals surface area contributed by atoms with Crippen LogP contribution in [0.5, 0.6) is 11.5 Å². The maximum atomic E-state index is 12.3. The Bertz CT molecular complexity index is 482. The lowest BCUT2D eigenvalue weighted by atomic mass is 9.99. The number of nitrogens with zero attached hydrogens (tertiary/aromatic N) is 1. The Balaban J connectivity index is 2.08. The van der Waals surface area contributed by atoms with Gasteiger partial charge in [-0.2, -0.15) is 0 Å². The van der Waals surface area contributed by atoms with Crippen molar-refractivity contribution in [2.75, 3.05) is 20.4 Å². The Morgan fingerprint density at radius 2 is 2.00 bits per heavy atom. The Kier molecular flexibility index (Phi) is 3.80. The molecule has 4 nitrogen and oxygen atoms in total. The molecule has 4 heteroatoms. The molecule has 104 valence electrons. The zero-order chi connectivity index (χ0) is 14.0. The van der Waals surface area contributed by atoms with Gasteiger partial charge in [0.2, 0.25) is 6.79 Å². The number of carbonyl (C=O) groups excluding carboxylic acids is 1. The quantitative estimate of drug-likeness (QED) is 0.766. The van der Waals surface area contributed by atoms with Gasteiger partial charge in [-0.1, -0.05) is 6.92 Å². The largest absolute Gasteiger partial charge is 0.454 e. The number of benzene rings is 1. The second-order valence-electron chi connectivity index (χ2n) is 5.51. The molecule has 0 aliphatic carbocycles. The lowest BCUT2D eigenvalue weighted by Gasteiger charge is -2.34. The van der Waals surface area contributed by atoms with E-state index < -0.39 is 0 Å². The molecule has 1 heterocycles. The van der Waals surface area contributed by atoms with Gasteiger partial charge in [0.05, 0.1) is 6.54 Å². The molecular weight excluding hydrogens is 242 g/mol. The van der Waals surface area contributed by atoms with E-state index in [0.29, 0.717) is 23.6 Å². The maximum absolute atomic E-state index is 12.3. The van der Waals surface area contributed by atoms with Crippen LogP contribution in [0.1, 0.15) is 37.6 Å². The SMILES string of the molecule is CCC(C)(C)N(C)CC(=O)c1ccc2c(c1)OCO2. The molecular formula is C15H21NO3. The number of hydrogen-bond donors (Lipinski definition) is 0. The van der Waals surface area contributed by atoms with Crippen LogP contribution in [0.25, 0.3) is 0 Å². The number of carbonyl (C=O) groups is 1. The summed E-state index contributed by atoms with van der Waals surface area (Å²) in [6.07, 6.45) is 0.998. The third-order valence-electron chi connectivity index (χ3n) is 3.97. The van der Waals surface area contributed by atoms with Gasteiger partial charge in [0.25, 0.3) is 0 Å². The maximum Gasteiger partial charge on any atom is 0.231 e. The fourth-order valence-electron chi connectivity index (χ4n) is 1.86. The van der Waals surface area contributed by atoms with Crippen molar-refractivity contribution in [3.8, 4) is 11.5 Å². The van der Waals surface area contributed by atoms with E-state index in [1.54, 1.807) is 18.2 Å². The first-order valence-electron chi connectivity index (χ1n) is 6.58. The molecule has 0 N–H and O–H groups in total. The van der Waals surface area contributed by atoms with E-state index in [2.05, 4.69) is 25.7 Å². The van der Waals surface area contributed by atoms with Crippen LogP contribution in [0.15, 0.2) is 18.2 Å². The van der Waals surface area contributed by atoms with E-state index in [0.717, 1.165) is 6.42 Å². The number of hydrogen-bond acceptors (Lipinski definition) is 4. The predicted molar refractivity (Wildman–Crippen MR) is 73.9 cm³/mol. The average Bonchev–Trinajstić information content (AvgIpc) is 2.85. The lowest BCUT2D eigenvalue weighted by molar-refractivity contribution is 0.0846. The van der Waals surface area contributed by atoms with Crippen molar-refractivity contribution in [3.05, 3.63) is 23.8 Å². The smallest absolute Gasteiger partial charge is 0.231 e. The molecule has 0 unspecified atom stereocenters. The molecule has 0 atom stereocenters. The molecule has 0 radical (unpaired) electrons. The molecule has 0 aromatic heterocycles. The summed E-state index contributed by atoms with van der Waals surface area (Å²) >= 11 is 0. The third-order valence-corrected chi connectivity index (χ3v) is 3.97. The molecule has 1 aliphatic rings. The first-order valence-corrected chi connectivity index (χ1v) is 6.58. The van der Waals surface area contributed by atoms with Crippen LogP contribution >= 0.6 is 0 Å². The normalized spacial score (nSPS) is 13.9. The van der Waals surface area contributed by atoms with E-state index >= 15 is 0 Å². The van der Waals surface area contributed by atoms with Crippen molar-refractivity contribution in [1.82, 2.24) is 4.90 Å². The average molecular weight is 263 g/mol. The van der Waals surface area contributed by atoms with Crippen LogP contribution in [0.4, 0.5) is 0 Å². The summed E-state index contributed by atoms with van der Waals surface area (Å²) in [5.74, 6) is 1.46. The van der Waals surface area contributed by atoms with Gasteiger partial charge in [-0.05, 0) is 45.5 Å². The monoisotopic (exact) mass is 263 g/mol. The molecule has 0 bridgehead atoms. The fourth-order valence-corrected chi connectivity index (χ4v) is 1.86. The van der Waals surface area contributed by atoms with E-state index in [1.165, 1.54) is 0 Å². The van der Waals surface area contributed by atoms with Gasteiger partial charge in [0.1, 0.15) is 0 Å². The van der Waals surface area contributed by atoms with Crippen molar-refractivity contribution in [2.45, 2.75) is 32.7 Å². The minimum absolute atomic E-state index is 0.0198. The van der Waals surface area contributed by atoms with E-state index in [9.17, 15) is 4.79 Å². The number of ether oxygens (including phenoxy) is 2. The molecule has 0 saturated heterocycles. The summed E-state index contributed by atoms with van der Waals surface area (Å²) in [6, 6.07) is 5.35. The summed E-state index contributed by atoms with van der Waals surface area (Å²) in [6.45, 7) is 7.04. The summed E-state index contributed by atoms with van der Waals surface area (Å²) in [7, 11) is 1.98. The second kappa shape index (κ2) is 5.21. The highest BCUT2D eigenvalue weighted by molar-refractivity contribution is 5.98. The van der Waals surface area contributed by atoms with Crippen molar-refractivity contribution >= 4 is 5.78 Å². The van der Waals surface area contributed by atoms with E-state index in [-0.39, 0.29) is 18.1 Å². The number of ketones is 1. The summed E-state index contributed by atoms with van der Waals surface area (Å²) in [5, 5.41) is 0. The number of fused-ring (bicyclic) bond motifs is 1. The van der Waals surface area contributed by atoms with Gasteiger partial charge >= 0.3 is 0 Å². The highest BCUT2D eigenvalue weighted by Gasteiger charge is 2.24. The molecule has 0 spiro atoms. The van der Waals surface area contributed by atoms with Crippen molar-refractivity contribution in [3.63, 3.8) is 0 Å². The molecule has 0 fully saturated rings. The van der Waals surface area contributed by atoms with Crippen molar-refractivity contribution < 1.29 is 14.3 Å². The second-order valence-corrected chi connectivity index (χ2v) is 5.51. The Labute approximate surface area is 114 Å². The van der Waals surface area contributed by atoms with E-state index in [4.69, 9.17) is 9.47 Å². The molecule has 0 amide bonds. The minimum Gasteiger partial charge on any atom is -0.454 e. The van der Waals surface area contributed by atoms with Crippen LogP contribution in [0, 0.1) is 0 Å². The van der Waals surface area contributed by atoms with Gasteiger partial charge in [-0.15, -0.1) is 0 Å². The van der Waals surface area contributed by atoms with Crippen LogP contribution in [-0.2, 0) is 0 Å². The molecule has 0 saturated carbocycles. The van der Waals surface area contributed by atoms with Crippen LogP contribution in [-0.4, -0.2) is 36.6 Å². The molecule has 19 heavy (non-hydrogen) atoms. The highest BCUT2D eigenvalue weighted by atomic mass is 16.7. The fraction of sp³-hybridized carbons (Fsp3) is 0.533. The van der Waals surface area contributed by atoms with Crippen LogP contribution in [0.3, 0.4) is 0 Å². The zero-order valence-corrected chi connectivity index (χ0v) is 12.0. The Hall–Kier alpha value is -1.55. The lowest BCUT2D eigenvalue weighted by Crippen LogP contribution is -2.43. The van der Waals surface area contributed by atoms with Gasteiger partial charge in [0.15, 0.2) is 17.3 Å². The summed E-state index contributed by atoms with van der Waals surface area (Å²) in [4.78, 5) is 14.4. The van der Waals surface area contributed by atoms with E-state index in [1.807, 2.05) is 7.05 Å². The summed E-state index contributed by atoms with van der Waals surface area (Å²) < 4.78 is 10.5. The minimum atomic E-state index is 0.0198. The summed E-state index contributed by atoms with van der Waals surface area (Å²) in [5.41, 5.74) is 0.689. The first kappa shape index (κ1) is 13.9. The molecule has 1 aromatic rings. The van der Waals surface area contributed by atoms with Gasteiger partial charge in [-0.25, -0.2) is 0 Å². The number of rotatable bonds is 5. The van der Waals surface area contributed by atoms with Gasteiger partial charge in [-0.3, -0.25) is 9.69 Å². The number of likely N-dealkylation sites (N-methyl/N-ethyl adjacent to an activating group) is 1. The van der Waals surface area contributed by atoms with Crippen molar-refractivity contribution in [1.29, 1.82) is 0 Å². The Morgan fingerprint density at radius 1 is 1.32 bits per heavy atom. The predicted octanol–water partition coefficient (Wildman–Crippen LogP) is 2.72. The molecule has 1 aromatic carbocycles. The van der Waals surface area contributed by atoms with Crippen LogP contribution in [0.2, 0.25) is 0 Å². The zero-order valence-electron chi connectivity index (χ0n) is 12.0. The highest BCUT2D eigenvalue weighted by Crippen LogP contribution is 2.32. The molecule has 2 rings (SSSR count). The van der Waals surface area contributed by atoms with Crippen LogP contribution < -0.4 is 9.47 Å². The standard InChI is InChI=1S/C15H21NO3/c1-5-15(2,3)16(4)9-12(17)11-6-7-13-14(8-11)19-10-18-13/h6-8H,5,9-10H2,1-4H3. The topological polar surface area (TPSA) is 38.8 Å². The molecule has 1 aliphatic heterocycles. The Morgan fingerprint density at radius 3 is 2.68 bits per heavy atom. The first-order chi connectivity index (χ1) is 8.94. The van der Waals surface area contributed by atoms with Crippen molar-refractivity contribution in [2.24, 2.45) is 0 Å². The third kappa shape index (κ3) is 2.89. The van der Waals surface area contributed by atoms with Gasteiger partial charge in [0, 0.05) is 11.1 Å². The number of Topliss-reactive ketones (excluding diaryl/α,β-unsaturated/α-hetero) is 1. The van der Waals surface area contributed by atoms with Gasteiger partial charge < -0.3 is 9.47 Å².